The van der Waals surface area contributed by atoms with Gasteiger partial charge in [-0.25, -0.2) is 4.79 Å². The number of nitrogens with one attached hydrogen (secondary N) is 1. The van der Waals surface area contributed by atoms with E-state index in [2.05, 4.69) is 78.9 Å². The van der Waals surface area contributed by atoms with Crippen LogP contribution in [0.25, 0.3) is 0 Å². The van der Waals surface area contributed by atoms with Gasteiger partial charge >= 0.3 is 6.03 Å². The number of urea groups is 1. The summed E-state index contributed by atoms with van der Waals surface area (Å²) in [6.07, 6.45) is 3.54. The van der Waals surface area contributed by atoms with Crippen molar-refractivity contribution in [2.45, 2.75) is 31.8 Å². The number of nitrogens with zero attached hydrogens (tertiary/aromatic N) is 2. The molecule has 0 spiro atoms. The molecular weight excluding hydrogens is 354 g/mol. The van der Waals surface area contributed by atoms with Gasteiger partial charge in [-0.05, 0) is 61.8 Å². The second-order valence-corrected chi connectivity index (χ2v) is 7.97. The van der Waals surface area contributed by atoms with Gasteiger partial charge in [-0.2, -0.15) is 11.3 Å². The standard InChI is InChI=1S/C22H31N3OS/c1-5-12-25(22(26)23-18(2)14-20-11-13-27-17-20)16-21(24(3)4)15-19-9-7-6-8-10-19/h5-11,13,17-18,21H,1,12,14-16H2,2-4H3,(H,23,26)/t18-,21?/m0/s1. The van der Waals surface area contributed by atoms with Crippen LogP contribution >= 0.6 is 11.3 Å². The average molecular weight is 386 g/mol. The van der Waals surface area contributed by atoms with Crippen LogP contribution in [0.1, 0.15) is 18.1 Å². The molecule has 1 N–H and O–H groups in total. The molecule has 27 heavy (non-hydrogen) atoms. The molecule has 0 bridgehead atoms. The van der Waals surface area contributed by atoms with E-state index in [0.717, 1.165) is 12.8 Å². The first-order chi connectivity index (χ1) is 13.0. The normalized spacial score (nSPS) is 13.2. The third kappa shape index (κ3) is 7.19. The maximum absolute atomic E-state index is 12.8. The summed E-state index contributed by atoms with van der Waals surface area (Å²) in [5.41, 5.74) is 2.54. The Morgan fingerprint density at radius 3 is 2.52 bits per heavy atom. The van der Waals surface area contributed by atoms with Crippen molar-refractivity contribution in [1.29, 1.82) is 0 Å². The highest BCUT2D eigenvalue weighted by molar-refractivity contribution is 7.07. The van der Waals surface area contributed by atoms with Crippen molar-refractivity contribution in [2.75, 3.05) is 27.2 Å². The van der Waals surface area contributed by atoms with E-state index in [1.807, 2.05) is 11.0 Å². The highest BCUT2D eigenvalue weighted by atomic mass is 32.1. The predicted octanol–water partition coefficient (Wildman–Crippen LogP) is 4.05. The van der Waals surface area contributed by atoms with Crippen molar-refractivity contribution in [3.05, 3.63) is 70.9 Å². The van der Waals surface area contributed by atoms with E-state index >= 15 is 0 Å². The van der Waals surface area contributed by atoms with E-state index in [1.165, 1.54) is 11.1 Å². The van der Waals surface area contributed by atoms with Crippen LogP contribution in [-0.4, -0.2) is 55.1 Å². The number of hydrogen-bond acceptors (Lipinski definition) is 3. The zero-order valence-corrected chi connectivity index (χ0v) is 17.4. The average Bonchev–Trinajstić information content (AvgIpc) is 3.14. The fraction of sp³-hybridized carbons (Fsp3) is 0.409. The minimum Gasteiger partial charge on any atom is -0.335 e. The maximum atomic E-state index is 12.8. The summed E-state index contributed by atoms with van der Waals surface area (Å²) in [4.78, 5) is 16.9. The Morgan fingerprint density at radius 2 is 1.93 bits per heavy atom. The fourth-order valence-corrected chi connectivity index (χ4v) is 3.74. The summed E-state index contributed by atoms with van der Waals surface area (Å²) in [5.74, 6) is 0. The number of hydrogen-bond donors (Lipinski definition) is 1. The number of rotatable bonds is 10. The van der Waals surface area contributed by atoms with Crippen molar-refractivity contribution in [3.8, 4) is 0 Å². The molecule has 0 radical (unpaired) electrons. The zero-order chi connectivity index (χ0) is 19.6. The quantitative estimate of drug-likeness (QED) is 0.626. The molecule has 0 saturated heterocycles. The lowest BCUT2D eigenvalue weighted by molar-refractivity contribution is 0.174. The van der Waals surface area contributed by atoms with Gasteiger partial charge in [-0.1, -0.05) is 36.4 Å². The van der Waals surface area contributed by atoms with E-state index < -0.39 is 0 Å². The summed E-state index contributed by atoms with van der Waals surface area (Å²) in [6.45, 7) is 7.07. The van der Waals surface area contributed by atoms with E-state index in [9.17, 15) is 4.79 Å². The van der Waals surface area contributed by atoms with Crippen molar-refractivity contribution in [2.24, 2.45) is 0 Å². The molecule has 4 nitrogen and oxygen atoms in total. The van der Waals surface area contributed by atoms with Gasteiger partial charge in [0.2, 0.25) is 0 Å². The maximum Gasteiger partial charge on any atom is 0.317 e. The van der Waals surface area contributed by atoms with Gasteiger partial charge in [0, 0.05) is 25.2 Å². The molecule has 0 saturated carbocycles. The molecule has 2 aromatic rings. The van der Waals surface area contributed by atoms with E-state index in [4.69, 9.17) is 0 Å². The van der Waals surface area contributed by atoms with Crippen LogP contribution in [0.15, 0.2) is 59.8 Å². The molecule has 1 unspecified atom stereocenters. The molecule has 2 rings (SSSR count). The van der Waals surface area contributed by atoms with Crippen LogP contribution in [0, 0.1) is 0 Å². The van der Waals surface area contributed by atoms with Gasteiger partial charge < -0.3 is 15.1 Å². The topological polar surface area (TPSA) is 35.6 Å². The molecule has 146 valence electrons. The van der Waals surface area contributed by atoms with Crippen molar-refractivity contribution >= 4 is 17.4 Å². The van der Waals surface area contributed by atoms with Crippen LogP contribution in [0.2, 0.25) is 0 Å². The van der Waals surface area contributed by atoms with Gasteiger partial charge in [0.1, 0.15) is 0 Å². The lowest BCUT2D eigenvalue weighted by Gasteiger charge is -2.32. The van der Waals surface area contributed by atoms with Crippen molar-refractivity contribution < 1.29 is 4.79 Å². The smallest absolute Gasteiger partial charge is 0.317 e. The molecule has 5 heteroatoms. The molecule has 2 atom stereocenters. The second-order valence-electron chi connectivity index (χ2n) is 7.19. The number of likely N-dealkylation sites (N-methyl/N-ethyl adjacent to an activating group) is 1. The lowest BCUT2D eigenvalue weighted by atomic mass is 10.0. The Bertz CT molecular complexity index is 685. The van der Waals surface area contributed by atoms with Crippen LogP contribution in [0.5, 0.6) is 0 Å². The SMILES string of the molecule is C=CCN(CC(Cc1ccccc1)N(C)C)C(=O)N[C@@H](C)Cc1ccsc1. The summed E-state index contributed by atoms with van der Waals surface area (Å²) in [6, 6.07) is 12.8. The third-order valence-electron chi connectivity index (χ3n) is 4.60. The molecule has 0 fully saturated rings. The molecule has 0 aliphatic heterocycles. The second kappa shape index (κ2) is 10.9. The first-order valence-corrected chi connectivity index (χ1v) is 10.3. The molecular formula is C22H31N3OS. The monoisotopic (exact) mass is 385 g/mol. The Morgan fingerprint density at radius 1 is 1.19 bits per heavy atom. The van der Waals surface area contributed by atoms with Crippen molar-refractivity contribution in [3.63, 3.8) is 0 Å². The molecule has 1 heterocycles. The van der Waals surface area contributed by atoms with Crippen LogP contribution in [0.3, 0.4) is 0 Å². The Labute approximate surface area is 167 Å². The van der Waals surface area contributed by atoms with Crippen LogP contribution in [0.4, 0.5) is 4.79 Å². The number of amides is 2. The summed E-state index contributed by atoms with van der Waals surface area (Å²) in [5, 5.41) is 7.34. The van der Waals surface area contributed by atoms with E-state index in [1.54, 1.807) is 17.4 Å². The van der Waals surface area contributed by atoms with Gasteiger partial charge in [0.15, 0.2) is 0 Å². The predicted molar refractivity (Wildman–Crippen MR) is 115 cm³/mol. The molecule has 0 aliphatic rings. The number of carbonyl (C=O) groups is 1. The molecule has 1 aromatic carbocycles. The van der Waals surface area contributed by atoms with Gasteiger partial charge in [0.05, 0.1) is 0 Å². The van der Waals surface area contributed by atoms with Gasteiger partial charge in [0.25, 0.3) is 0 Å². The van der Waals surface area contributed by atoms with E-state index in [-0.39, 0.29) is 18.1 Å². The van der Waals surface area contributed by atoms with Gasteiger partial charge in [-0.3, -0.25) is 0 Å². The highest BCUT2D eigenvalue weighted by Crippen LogP contribution is 2.11. The van der Waals surface area contributed by atoms with Crippen LogP contribution < -0.4 is 5.32 Å². The summed E-state index contributed by atoms with van der Waals surface area (Å²) < 4.78 is 0. The van der Waals surface area contributed by atoms with Crippen molar-refractivity contribution in [1.82, 2.24) is 15.1 Å². The van der Waals surface area contributed by atoms with Crippen LogP contribution in [-0.2, 0) is 12.8 Å². The molecule has 0 aliphatic carbocycles. The van der Waals surface area contributed by atoms with E-state index in [0.29, 0.717) is 13.1 Å². The highest BCUT2D eigenvalue weighted by Gasteiger charge is 2.21. The minimum atomic E-state index is -0.0301. The first-order valence-electron chi connectivity index (χ1n) is 9.37. The molecule has 1 aromatic heterocycles. The Kier molecular flexibility index (Phi) is 8.55. The largest absolute Gasteiger partial charge is 0.335 e. The molecule has 2 amide bonds. The fourth-order valence-electron chi connectivity index (χ4n) is 3.06. The van der Waals surface area contributed by atoms with Gasteiger partial charge in [-0.15, -0.1) is 6.58 Å². The Balaban J connectivity index is 1.98. The summed E-state index contributed by atoms with van der Waals surface area (Å²) in [7, 11) is 4.13. The number of benzene rings is 1. The minimum absolute atomic E-state index is 0.0301. The first kappa shape index (κ1) is 21.2. The third-order valence-corrected chi connectivity index (χ3v) is 5.34. The zero-order valence-electron chi connectivity index (χ0n) is 16.6. The number of carbonyl (C=O) groups excluding carboxylic acids is 1. The number of thiophene rings is 1. The Hall–Kier alpha value is -2.11. The lowest BCUT2D eigenvalue weighted by Crippen LogP contribution is -2.50. The summed E-state index contributed by atoms with van der Waals surface area (Å²) >= 11 is 1.69.